The maximum absolute atomic E-state index is 3.15. The van der Waals surface area contributed by atoms with Gasteiger partial charge in [-0.25, -0.2) is 0 Å². The molecule has 1 aromatic rings. The number of hydrogen-bond donors (Lipinski definition) is 0. The van der Waals surface area contributed by atoms with Crippen LogP contribution in [0.1, 0.15) is 198 Å². The lowest BCUT2D eigenvalue weighted by Crippen LogP contribution is -2.43. The number of hydrogen-bond acceptors (Lipinski definition) is 0. The van der Waals surface area contributed by atoms with E-state index in [2.05, 4.69) is 41.5 Å². The van der Waals surface area contributed by atoms with Gasteiger partial charge in [0.2, 0.25) is 5.06 Å². The number of rotatable bonds is 9. The van der Waals surface area contributed by atoms with Crippen LogP contribution in [0.5, 0.6) is 0 Å². The van der Waals surface area contributed by atoms with Gasteiger partial charge < -0.3 is 0 Å². The van der Waals surface area contributed by atoms with E-state index in [4.69, 9.17) is 0 Å². The fourth-order valence-corrected chi connectivity index (χ4v) is 32.4. The lowest BCUT2D eigenvalue weighted by atomic mass is 9.98. The minimum absolute atomic E-state index is 1.07. The molecule has 6 aliphatic rings. The second kappa shape index (κ2) is 16.7. The molecule has 0 unspecified atom stereocenters. The summed E-state index contributed by atoms with van der Waals surface area (Å²) in [6, 6.07) is 12.2. The van der Waals surface area contributed by atoms with Gasteiger partial charge in [-0.1, -0.05) is 68.9 Å². The zero-order valence-corrected chi connectivity index (χ0v) is 31.8. The van der Waals surface area contributed by atoms with E-state index in [1.807, 2.05) is 0 Å². The molecule has 0 bridgehead atoms. The second-order valence-corrected chi connectivity index (χ2v) is 26.4. The van der Waals surface area contributed by atoms with E-state index in [1.165, 1.54) is 38.5 Å². The van der Waals surface area contributed by atoms with Crippen LogP contribution < -0.4 is 0 Å². The average molecular weight is 663 g/mol. The Kier molecular flexibility index (Phi) is 12.4. The first-order valence-electron chi connectivity index (χ1n) is 21.4. The first-order chi connectivity index (χ1) is 22.8. The van der Waals surface area contributed by atoms with Gasteiger partial charge >= 0.3 is 0 Å². The normalized spacial score (nSPS) is 26.6. The van der Waals surface area contributed by atoms with Gasteiger partial charge in [-0.2, -0.15) is 0 Å². The maximum Gasteiger partial charge on any atom is 0.205 e. The van der Waals surface area contributed by atoms with Gasteiger partial charge in [-0.05, 0) is 160 Å². The molecule has 6 aliphatic carbocycles. The molecule has 0 amide bonds. The summed E-state index contributed by atoms with van der Waals surface area (Å²) in [5, 5.41) is 2.39. The molecule has 7 rings (SSSR count). The molecule has 256 valence electrons. The second-order valence-electron chi connectivity index (χ2n) is 17.3. The van der Waals surface area contributed by atoms with Crippen LogP contribution in [-0.4, -0.2) is 34.0 Å². The fraction of sp³-hybridized carbons (Fsp3) is 0.818. The minimum atomic E-state index is -1.41. The summed E-state index contributed by atoms with van der Waals surface area (Å²) in [5.41, 5.74) is 8.02. The molecule has 6 saturated carbocycles. The van der Waals surface area contributed by atoms with Crippen LogP contribution in [0.4, 0.5) is 0 Å². The van der Waals surface area contributed by atoms with Gasteiger partial charge in [0, 0.05) is 6.08 Å². The SMILES string of the molecule is C(=C([P+](C1CCCCC1)(C1CCCCC1)C1CCCCC1)[P+](C1CCCCC1)(C1CCCCC1)C1CCCCC1)c1ccccc1. The highest BCUT2D eigenvalue weighted by Crippen LogP contribution is 2.97. The Morgan fingerprint density at radius 2 is 0.587 bits per heavy atom. The van der Waals surface area contributed by atoms with E-state index in [1.54, 1.807) is 160 Å². The van der Waals surface area contributed by atoms with Crippen molar-refractivity contribution in [3.63, 3.8) is 0 Å². The van der Waals surface area contributed by atoms with E-state index in [-0.39, 0.29) is 0 Å². The molecule has 1 aromatic carbocycles. The lowest BCUT2D eigenvalue weighted by Gasteiger charge is -2.56. The Morgan fingerprint density at radius 3 is 0.826 bits per heavy atom. The van der Waals surface area contributed by atoms with E-state index >= 15 is 0 Å². The largest absolute Gasteiger partial charge is 0.205 e. The Labute approximate surface area is 287 Å². The highest BCUT2D eigenvalue weighted by molar-refractivity contribution is 8.00. The van der Waals surface area contributed by atoms with Crippen LogP contribution in [0, 0.1) is 0 Å². The topological polar surface area (TPSA) is 0 Å². The van der Waals surface area contributed by atoms with Crippen molar-refractivity contribution in [2.24, 2.45) is 0 Å². The maximum atomic E-state index is 3.15. The standard InChI is InChI=1S/C44H72P2/c1-8-22-37(23-9-1)36-44(45(38-24-10-2-11-25-38,39-26-12-3-13-27-39)40-28-14-4-15-29-40)46(41-30-16-5-17-31-41,42-32-18-6-19-33-42)43-34-20-7-21-35-43/h1,8-9,22-23,36,38-43H,2-7,10-21,24-35H2/q+2. The summed E-state index contributed by atoms with van der Waals surface area (Å²) in [4.78, 5) is 0. The van der Waals surface area contributed by atoms with Crippen molar-refractivity contribution in [3.05, 3.63) is 41.0 Å². The molecule has 0 N–H and O–H groups in total. The van der Waals surface area contributed by atoms with Crippen molar-refractivity contribution < 1.29 is 0 Å². The predicted molar refractivity (Wildman–Crippen MR) is 209 cm³/mol. The number of benzene rings is 1. The highest BCUT2D eigenvalue weighted by atomic mass is 31.2. The van der Waals surface area contributed by atoms with Gasteiger partial charge in [-0.3, -0.25) is 0 Å². The van der Waals surface area contributed by atoms with Crippen LogP contribution >= 0.6 is 14.5 Å². The molecule has 0 heterocycles. The zero-order valence-electron chi connectivity index (χ0n) is 30.0. The first kappa shape index (κ1) is 34.3. The predicted octanol–water partition coefficient (Wildman–Crippen LogP) is 15.0. The Morgan fingerprint density at radius 1 is 0.348 bits per heavy atom. The smallest absolute Gasteiger partial charge is 0.0622 e. The molecule has 0 saturated heterocycles. The molecular formula is C44H72P2+2. The summed E-state index contributed by atoms with van der Waals surface area (Å²) in [7, 11) is -2.82. The molecule has 2 heteroatoms. The van der Waals surface area contributed by atoms with Gasteiger partial charge in [0.15, 0.2) is 0 Å². The van der Waals surface area contributed by atoms with Crippen LogP contribution in [0.3, 0.4) is 0 Å². The zero-order chi connectivity index (χ0) is 31.1. The minimum Gasteiger partial charge on any atom is -0.0622 e. The van der Waals surface area contributed by atoms with Crippen LogP contribution in [0.25, 0.3) is 6.08 Å². The lowest BCUT2D eigenvalue weighted by molar-refractivity contribution is 0.448. The van der Waals surface area contributed by atoms with E-state index in [0.717, 1.165) is 34.0 Å². The first-order valence-corrected chi connectivity index (χ1v) is 25.4. The van der Waals surface area contributed by atoms with Gasteiger partial charge in [0.1, 0.15) is 0 Å². The summed E-state index contributed by atoms with van der Waals surface area (Å²) in [5.74, 6) is 0. The van der Waals surface area contributed by atoms with Crippen molar-refractivity contribution in [1.29, 1.82) is 0 Å². The third-order valence-corrected chi connectivity index (χ3v) is 29.2. The third kappa shape index (κ3) is 6.91. The van der Waals surface area contributed by atoms with Gasteiger partial charge in [0.05, 0.1) is 48.5 Å². The molecule has 0 nitrogen and oxygen atoms in total. The van der Waals surface area contributed by atoms with Crippen molar-refractivity contribution in [3.8, 4) is 0 Å². The summed E-state index contributed by atoms with van der Waals surface area (Å²) >= 11 is 0. The van der Waals surface area contributed by atoms with Crippen molar-refractivity contribution in [2.75, 3.05) is 0 Å². The molecule has 0 aromatic heterocycles. The van der Waals surface area contributed by atoms with Gasteiger partial charge in [0.25, 0.3) is 0 Å². The van der Waals surface area contributed by atoms with Crippen LogP contribution in [0.2, 0.25) is 0 Å². The summed E-state index contributed by atoms with van der Waals surface area (Å²) in [6.07, 6.45) is 50.1. The van der Waals surface area contributed by atoms with Crippen molar-refractivity contribution in [1.82, 2.24) is 0 Å². The molecule has 6 fully saturated rings. The monoisotopic (exact) mass is 663 g/mol. The highest BCUT2D eigenvalue weighted by Gasteiger charge is 2.73. The van der Waals surface area contributed by atoms with Crippen LogP contribution in [-0.2, 0) is 0 Å². The Bertz CT molecular complexity index is 899. The van der Waals surface area contributed by atoms with Crippen molar-refractivity contribution in [2.45, 2.75) is 227 Å². The Balaban J connectivity index is 1.54. The molecule has 0 radical (unpaired) electrons. The third-order valence-electron chi connectivity index (χ3n) is 15.0. The molecular weight excluding hydrogens is 590 g/mol. The average Bonchev–Trinajstić information content (AvgIpc) is 3.15. The van der Waals surface area contributed by atoms with Gasteiger partial charge in [-0.15, -0.1) is 0 Å². The Hall–Kier alpha value is -0.180. The molecule has 0 aliphatic heterocycles. The van der Waals surface area contributed by atoms with Crippen molar-refractivity contribution >= 4 is 20.6 Å². The molecule has 0 spiro atoms. The summed E-state index contributed by atoms with van der Waals surface area (Å²) < 4.78 is 0. The van der Waals surface area contributed by atoms with E-state index in [0.29, 0.717) is 0 Å². The molecule has 0 atom stereocenters. The quantitative estimate of drug-likeness (QED) is 0.231. The fourth-order valence-electron chi connectivity index (χ4n) is 13.2. The van der Waals surface area contributed by atoms with E-state index in [9.17, 15) is 0 Å². The van der Waals surface area contributed by atoms with Crippen LogP contribution in [0.15, 0.2) is 35.4 Å². The molecule has 46 heavy (non-hydrogen) atoms. The van der Waals surface area contributed by atoms with E-state index < -0.39 is 14.5 Å². The summed E-state index contributed by atoms with van der Waals surface area (Å²) in [6.45, 7) is 0.